The second-order valence-corrected chi connectivity index (χ2v) is 5.71. The summed E-state index contributed by atoms with van der Waals surface area (Å²) in [6, 6.07) is 1.78. The highest BCUT2D eigenvalue weighted by atomic mass is 15.2. The van der Waals surface area contributed by atoms with Gasteiger partial charge in [-0.15, -0.1) is 0 Å². The molecule has 0 amide bonds. The topological polar surface area (TPSA) is 15.3 Å². The van der Waals surface area contributed by atoms with E-state index in [1.807, 2.05) is 0 Å². The lowest BCUT2D eigenvalue weighted by atomic mass is 9.78. The maximum atomic E-state index is 3.59. The Bertz CT molecular complexity index is 199. The molecule has 16 heavy (non-hydrogen) atoms. The number of hydrogen-bond acceptors (Lipinski definition) is 2. The van der Waals surface area contributed by atoms with E-state index in [9.17, 15) is 0 Å². The monoisotopic (exact) mass is 224 g/mol. The molecule has 2 aliphatic carbocycles. The van der Waals surface area contributed by atoms with Crippen LogP contribution in [0, 0.1) is 5.92 Å². The van der Waals surface area contributed by atoms with Crippen molar-refractivity contribution >= 4 is 0 Å². The molecule has 0 spiro atoms. The molecule has 2 atom stereocenters. The highest BCUT2D eigenvalue weighted by Gasteiger charge is 2.36. The molecule has 0 aliphatic heterocycles. The van der Waals surface area contributed by atoms with Crippen LogP contribution in [0.15, 0.2) is 0 Å². The molecule has 0 bridgehead atoms. The molecule has 2 nitrogen and oxygen atoms in total. The average molecular weight is 224 g/mol. The van der Waals surface area contributed by atoms with Gasteiger partial charge in [-0.25, -0.2) is 0 Å². The van der Waals surface area contributed by atoms with Crippen molar-refractivity contribution < 1.29 is 0 Å². The SMILES string of the molecule is CCCNCC1CCC1N(C)C1CCCC1. The van der Waals surface area contributed by atoms with Gasteiger partial charge in [-0.2, -0.15) is 0 Å². The summed E-state index contributed by atoms with van der Waals surface area (Å²) in [5, 5.41) is 3.59. The fourth-order valence-corrected chi connectivity index (χ4v) is 3.37. The third kappa shape index (κ3) is 2.78. The van der Waals surface area contributed by atoms with Crippen LogP contribution in [0.1, 0.15) is 51.9 Å². The smallest absolute Gasteiger partial charge is 0.0136 e. The van der Waals surface area contributed by atoms with Gasteiger partial charge in [-0.3, -0.25) is 0 Å². The summed E-state index contributed by atoms with van der Waals surface area (Å²) in [5.41, 5.74) is 0. The van der Waals surface area contributed by atoms with Gasteiger partial charge in [0.05, 0.1) is 0 Å². The summed E-state index contributed by atoms with van der Waals surface area (Å²) in [6.45, 7) is 4.68. The van der Waals surface area contributed by atoms with Crippen LogP contribution in [0.2, 0.25) is 0 Å². The first-order chi connectivity index (χ1) is 7.83. The van der Waals surface area contributed by atoms with E-state index >= 15 is 0 Å². The molecular formula is C14H28N2. The predicted octanol–water partition coefficient (Wildman–Crippen LogP) is 2.64. The summed E-state index contributed by atoms with van der Waals surface area (Å²) < 4.78 is 0. The molecule has 1 N–H and O–H groups in total. The first kappa shape index (κ1) is 12.4. The fraction of sp³-hybridized carbons (Fsp3) is 1.00. The summed E-state index contributed by atoms with van der Waals surface area (Å²) in [5.74, 6) is 0.928. The Balaban J connectivity index is 1.71. The normalized spacial score (nSPS) is 30.9. The Morgan fingerprint density at radius 2 is 1.88 bits per heavy atom. The van der Waals surface area contributed by atoms with Gasteiger partial charge in [0.2, 0.25) is 0 Å². The van der Waals surface area contributed by atoms with Gasteiger partial charge in [0.1, 0.15) is 0 Å². The summed E-state index contributed by atoms with van der Waals surface area (Å²) in [4.78, 5) is 2.70. The van der Waals surface area contributed by atoms with E-state index in [0.717, 1.165) is 18.0 Å². The van der Waals surface area contributed by atoms with Crippen molar-refractivity contribution in [2.24, 2.45) is 5.92 Å². The van der Waals surface area contributed by atoms with Crippen molar-refractivity contribution in [3.63, 3.8) is 0 Å². The largest absolute Gasteiger partial charge is 0.316 e. The number of nitrogens with zero attached hydrogens (tertiary/aromatic N) is 1. The molecule has 0 heterocycles. The first-order valence-corrected chi connectivity index (χ1v) is 7.25. The minimum Gasteiger partial charge on any atom is -0.316 e. The van der Waals surface area contributed by atoms with Gasteiger partial charge in [0.25, 0.3) is 0 Å². The standard InChI is InChI=1S/C14H28N2/c1-3-10-15-11-12-8-9-14(12)16(2)13-6-4-5-7-13/h12-15H,3-11H2,1-2H3. The third-order valence-electron chi connectivity index (χ3n) is 4.63. The van der Waals surface area contributed by atoms with E-state index in [0.29, 0.717) is 0 Å². The molecule has 0 saturated heterocycles. The molecule has 0 aromatic heterocycles. The predicted molar refractivity (Wildman–Crippen MR) is 69.7 cm³/mol. The molecule has 2 aliphatic rings. The maximum Gasteiger partial charge on any atom is 0.0136 e. The molecule has 2 fully saturated rings. The van der Waals surface area contributed by atoms with E-state index in [2.05, 4.69) is 24.2 Å². The molecule has 2 rings (SSSR count). The molecule has 94 valence electrons. The summed E-state index contributed by atoms with van der Waals surface area (Å²) in [7, 11) is 2.37. The zero-order chi connectivity index (χ0) is 11.4. The van der Waals surface area contributed by atoms with Gasteiger partial charge in [-0.1, -0.05) is 19.8 Å². The Hall–Kier alpha value is -0.0800. The molecule has 2 heteroatoms. The van der Waals surface area contributed by atoms with Crippen molar-refractivity contribution in [3.05, 3.63) is 0 Å². The Morgan fingerprint density at radius 3 is 2.44 bits per heavy atom. The van der Waals surface area contributed by atoms with Gasteiger partial charge in [0.15, 0.2) is 0 Å². The lowest BCUT2D eigenvalue weighted by Gasteiger charge is -2.45. The molecule has 0 radical (unpaired) electrons. The van der Waals surface area contributed by atoms with Crippen LogP contribution in [0.3, 0.4) is 0 Å². The molecule has 0 aromatic carbocycles. The lowest BCUT2D eigenvalue weighted by Crippen LogP contribution is -2.51. The zero-order valence-corrected chi connectivity index (χ0v) is 11.0. The summed E-state index contributed by atoms with van der Waals surface area (Å²) in [6.07, 6.45) is 9.95. The number of nitrogens with one attached hydrogen (secondary N) is 1. The van der Waals surface area contributed by atoms with Gasteiger partial charge >= 0.3 is 0 Å². The Kier molecular flexibility index (Phi) is 4.66. The van der Waals surface area contributed by atoms with Crippen LogP contribution in [0.4, 0.5) is 0 Å². The molecular weight excluding hydrogens is 196 g/mol. The van der Waals surface area contributed by atoms with Crippen molar-refractivity contribution in [1.29, 1.82) is 0 Å². The lowest BCUT2D eigenvalue weighted by molar-refractivity contribution is 0.0517. The minimum atomic E-state index is 0.882. The van der Waals surface area contributed by atoms with Crippen LogP contribution in [-0.4, -0.2) is 37.1 Å². The molecule has 0 aromatic rings. The van der Waals surface area contributed by atoms with Crippen molar-refractivity contribution in [1.82, 2.24) is 10.2 Å². The summed E-state index contributed by atoms with van der Waals surface area (Å²) >= 11 is 0. The quantitative estimate of drug-likeness (QED) is 0.698. The van der Waals surface area contributed by atoms with Crippen LogP contribution >= 0.6 is 0 Å². The Morgan fingerprint density at radius 1 is 1.12 bits per heavy atom. The van der Waals surface area contributed by atoms with Crippen LogP contribution in [0.5, 0.6) is 0 Å². The number of hydrogen-bond donors (Lipinski definition) is 1. The zero-order valence-electron chi connectivity index (χ0n) is 11.0. The first-order valence-electron chi connectivity index (χ1n) is 7.25. The van der Waals surface area contributed by atoms with Crippen LogP contribution in [-0.2, 0) is 0 Å². The van der Waals surface area contributed by atoms with Crippen molar-refractivity contribution in [2.75, 3.05) is 20.1 Å². The van der Waals surface area contributed by atoms with E-state index in [1.54, 1.807) is 0 Å². The highest BCUT2D eigenvalue weighted by molar-refractivity contribution is 4.92. The van der Waals surface area contributed by atoms with Crippen molar-refractivity contribution in [3.8, 4) is 0 Å². The van der Waals surface area contributed by atoms with E-state index < -0.39 is 0 Å². The minimum absolute atomic E-state index is 0.882. The van der Waals surface area contributed by atoms with E-state index in [4.69, 9.17) is 0 Å². The molecule has 2 saturated carbocycles. The second kappa shape index (κ2) is 6.02. The third-order valence-corrected chi connectivity index (χ3v) is 4.63. The van der Waals surface area contributed by atoms with E-state index in [1.165, 1.54) is 58.0 Å². The molecule has 2 unspecified atom stereocenters. The van der Waals surface area contributed by atoms with Crippen LogP contribution in [0.25, 0.3) is 0 Å². The van der Waals surface area contributed by atoms with Gasteiger partial charge in [-0.05, 0) is 58.2 Å². The Labute approximate surface area is 101 Å². The second-order valence-electron chi connectivity index (χ2n) is 5.71. The average Bonchev–Trinajstić information content (AvgIpc) is 2.76. The highest BCUT2D eigenvalue weighted by Crippen LogP contribution is 2.35. The van der Waals surface area contributed by atoms with Crippen LogP contribution < -0.4 is 5.32 Å². The van der Waals surface area contributed by atoms with Gasteiger partial charge in [0, 0.05) is 12.1 Å². The number of rotatable bonds is 6. The van der Waals surface area contributed by atoms with E-state index in [-0.39, 0.29) is 0 Å². The van der Waals surface area contributed by atoms with Gasteiger partial charge < -0.3 is 10.2 Å². The maximum absolute atomic E-state index is 3.59. The van der Waals surface area contributed by atoms with Crippen molar-refractivity contribution in [2.45, 2.75) is 64.0 Å². The fourth-order valence-electron chi connectivity index (χ4n) is 3.37.